The van der Waals surface area contributed by atoms with Gasteiger partial charge in [0.1, 0.15) is 18.1 Å². The summed E-state index contributed by atoms with van der Waals surface area (Å²) in [6, 6.07) is 6.75. The molecule has 1 aromatic carbocycles. The van der Waals surface area contributed by atoms with Gasteiger partial charge >= 0.3 is 11.7 Å². The Bertz CT molecular complexity index is 881. The molecule has 3 aromatic rings. The summed E-state index contributed by atoms with van der Waals surface area (Å²) in [5, 5.41) is 18.8. The molecule has 0 atom stereocenters. The zero-order chi connectivity index (χ0) is 17.1. The van der Waals surface area contributed by atoms with Crippen molar-refractivity contribution in [3.05, 3.63) is 64.7 Å². The highest BCUT2D eigenvalue weighted by molar-refractivity contribution is 5.89. The Morgan fingerprint density at radius 3 is 2.42 bits per heavy atom. The number of hydrogen-bond donors (Lipinski definition) is 0. The molecule has 0 aliphatic carbocycles. The zero-order valence-electron chi connectivity index (χ0n) is 12.7. The van der Waals surface area contributed by atoms with Crippen molar-refractivity contribution in [2.75, 3.05) is 6.61 Å². The third-order valence-electron chi connectivity index (χ3n) is 3.26. The number of carbonyl (C=O) groups is 1. The molecule has 0 fully saturated rings. The quantitative estimate of drug-likeness (QED) is 0.404. The summed E-state index contributed by atoms with van der Waals surface area (Å²) >= 11 is 0. The first kappa shape index (κ1) is 15.4. The third-order valence-corrected chi connectivity index (χ3v) is 3.26. The van der Waals surface area contributed by atoms with Gasteiger partial charge in [-0.05, 0) is 31.2 Å². The second-order valence-corrected chi connectivity index (χ2v) is 4.81. The lowest BCUT2D eigenvalue weighted by atomic mass is 10.2. The monoisotopic (exact) mass is 327 g/mol. The van der Waals surface area contributed by atoms with Crippen molar-refractivity contribution >= 4 is 11.7 Å². The summed E-state index contributed by atoms with van der Waals surface area (Å²) in [5.41, 5.74) is 1.67. The van der Waals surface area contributed by atoms with Gasteiger partial charge in [0.05, 0.1) is 35.2 Å². The van der Waals surface area contributed by atoms with E-state index in [9.17, 15) is 14.9 Å². The molecule has 0 bridgehead atoms. The molecular formula is C15H13N5O4. The van der Waals surface area contributed by atoms with Gasteiger partial charge in [0.2, 0.25) is 0 Å². The highest BCUT2D eigenvalue weighted by Gasteiger charge is 2.12. The normalized spacial score (nSPS) is 10.5. The van der Waals surface area contributed by atoms with E-state index in [0.29, 0.717) is 17.9 Å². The van der Waals surface area contributed by atoms with Crippen molar-refractivity contribution < 1.29 is 14.5 Å². The van der Waals surface area contributed by atoms with Crippen molar-refractivity contribution in [1.82, 2.24) is 19.6 Å². The average Bonchev–Trinajstić information content (AvgIpc) is 3.24. The summed E-state index contributed by atoms with van der Waals surface area (Å²) in [7, 11) is 0. The van der Waals surface area contributed by atoms with Crippen LogP contribution in [0.4, 0.5) is 5.69 Å². The van der Waals surface area contributed by atoms with Crippen LogP contribution in [0.3, 0.4) is 0 Å². The van der Waals surface area contributed by atoms with Gasteiger partial charge < -0.3 is 4.74 Å². The van der Waals surface area contributed by atoms with Crippen LogP contribution in [0.1, 0.15) is 17.3 Å². The van der Waals surface area contributed by atoms with Gasteiger partial charge in [-0.2, -0.15) is 10.2 Å². The fourth-order valence-corrected chi connectivity index (χ4v) is 2.09. The van der Waals surface area contributed by atoms with Crippen LogP contribution in [0.5, 0.6) is 0 Å². The van der Waals surface area contributed by atoms with E-state index < -0.39 is 4.92 Å². The number of hydrogen-bond acceptors (Lipinski definition) is 6. The molecule has 0 aliphatic rings. The van der Waals surface area contributed by atoms with E-state index in [4.69, 9.17) is 4.74 Å². The Morgan fingerprint density at radius 1 is 1.12 bits per heavy atom. The first-order valence-electron chi connectivity index (χ1n) is 7.10. The fourth-order valence-electron chi connectivity index (χ4n) is 2.09. The molecule has 24 heavy (non-hydrogen) atoms. The summed E-state index contributed by atoms with van der Waals surface area (Å²) in [6.07, 6.45) is 5.70. The predicted octanol–water partition coefficient (Wildman–Crippen LogP) is 2.14. The van der Waals surface area contributed by atoms with Gasteiger partial charge in [0.25, 0.3) is 0 Å². The van der Waals surface area contributed by atoms with Crippen molar-refractivity contribution in [2.45, 2.75) is 6.92 Å². The van der Waals surface area contributed by atoms with Crippen molar-refractivity contribution in [3.8, 4) is 11.4 Å². The number of carbonyl (C=O) groups excluding carboxylic acids is 1. The lowest BCUT2D eigenvalue weighted by molar-refractivity contribution is -0.384. The minimum absolute atomic E-state index is 0.0958. The van der Waals surface area contributed by atoms with Gasteiger partial charge in [-0.3, -0.25) is 10.1 Å². The summed E-state index contributed by atoms with van der Waals surface area (Å²) in [4.78, 5) is 21.8. The second-order valence-electron chi connectivity index (χ2n) is 4.81. The molecule has 0 aliphatic heterocycles. The number of nitrogens with zero attached hydrogens (tertiary/aromatic N) is 5. The van der Waals surface area contributed by atoms with E-state index >= 15 is 0 Å². The van der Waals surface area contributed by atoms with Crippen LogP contribution >= 0.6 is 0 Å². The van der Waals surface area contributed by atoms with Gasteiger partial charge in [0.15, 0.2) is 0 Å². The molecule has 2 aromatic heterocycles. The number of ether oxygens (including phenoxy) is 1. The molecule has 3 rings (SSSR count). The summed E-state index contributed by atoms with van der Waals surface area (Å²) < 4.78 is 7.88. The predicted molar refractivity (Wildman–Crippen MR) is 83.3 cm³/mol. The Morgan fingerprint density at radius 2 is 1.79 bits per heavy atom. The molecule has 2 heterocycles. The van der Waals surface area contributed by atoms with E-state index in [0.717, 1.165) is 5.69 Å². The highest BCUT2D eigenvalue weighted by Crippen LogP contribution is 2.15. The van der Waals surface area contributed by atoms with E-state index in [1.807, 2.05) is 0 Å². The summed E-state index contributed by atoms with van der Waals surface area (Å²) in [6.45, 7) is 2.07. The lowest BCUT2D eigenvalue weighted by Gasteiger charge is -2.04. The molecule has 9 heteroatoms. The number of nitro groups is 1. The lowest BCUT2D eigenvalue weighted by Crippen LogP contribution is -2.04. The zero-order valence-corrected chi connectivity index (χ0v) is 12.7. The van der Waals surface area contributed by atoms with Gasteiger partial charge in [-0.15, -0.1) is 0 Å². The fraction of sp³-hybridized carbons (Fsp3) is 0.133. The maximum Gasteiger partial charge on any atom is 0.338 e. The molecule has 0 N–H and O–H groups in total. The highest BCUT2D eigenvalue weighted by atomic mass is 16.6. The first-order valence-corrected chi connectivity index (χ1v) is 7.10. The first-order chi connectivity index (χ1) is 11.6. The van der Waals surface area contributed by atoms with Gasteiger partial charge in [0, 0.05) is 0 Å². The van der Waals surface area contributed by atoms with E-state index in [2.05, 4.69) is 10.2 Å². The molecular weight excluding hydrogens is 314 g/mol. The molecule has 0 amide bonds. The van der Waals surface area contributed by atoms with Gasteiger partial charge in [-0.25, -0.2) is 14.2 Å². The minimum atomic E-state index is -0.512. The van der Waals surface area contributed by atoms with Crippen LogP contribution in [0.25, 0.3) is 11.4 Å². The number of rotatable bonds is 5. The molecule has 0 radical (unpaired) electrons. The van der Waals surface area contributed by atoms with Crippen molar-refractivity contribution in [3.63, 3.8) is 0 Å². The number of esters is 1. The molecule has 0 saturated carbocycles. The Kier molecular flexibility index (Phi) is 4.06. The van der Waals surface area contributed by atoms with Crippen LogP contribution in [0, 0.1) is 10.1 Å². The second kappa shape index (κ2) is 6.32. The summed E-state index contributed by atoms with van der Waals surface area (Å²) in [5.74, 6) is -0.381. The van der Waals surface area contributed by atoms with E-state index in [1.165, 1.54) is 23.3 Å². The number of benzene rings is 1. The van der Waals surface area contributed by atoms with Crippen LogP contribution in [-0.4, -0.2) is 37.1 Å². The van der Waals surface area contributed by atoms with E-state index in [-0.39, 0.29) is 11.7 Å². The average molecular weight is 327 g/mol. The molecule has 0 saturated heterocycles. The topological polar surface area (TPSA) is 105 Å². The Balaban J connectivity index is 1.82. The van der Waals surface area contributed by atoms with Crippen LogP contribution in [0.2, 0.25) is 0 Å². The molecule has 0 unspecified atom stereocenters. The van der Waals surface area contributed by atoms with Crippen LogP contribution in [-0.2, 0) is 4.74 Å². The van der Waals surface area contributed by atoms with Crippen LogP contribution < -0.4 is 0 Å². The molecule has 122 valence electrons. The largest absolute Gasteiger partial charge is 0.462 e. The van der Waals surface area contributed by atoms with Crippen molar-refractivity contribution in [2.24, 2.45) is 0 Å². The number of aromatic nitrogens is 4. The standard InChI is InChI=1S/C15H13N5O4/c1-2-24-15(21)11-3-5-12(6-4-11)18-9-13(7-16-18)19-10-14(8-17-19)20(22)23/h3-10H,2H2,1H3. The Hall–Kier alpha value is -3.49. The van der Waals surface area contributed by atoms with Crippen molar-refractivity contribution in [1.29, 1.82) is 0 Å². The van der Waals surface area contributed by atoms with E-state index in [1.54, 1.807) is 42.1 Å². The molecule has 9 nitrogen and oxygen atoms in total. The maximum absolute atomic E-state index is 11.6. The maximum atomic E-state index is 11.6. The SMILES string of the molecule is CCOC(=O)c1ccc(-n2cc(-n3cc([N+](=O)[O-])cn3)cn2)cc1. The van der Waals surface area contributed by atoms with Crippen LogP contribution in [0.15, 0.2) is 49.1 Å². The van der Waals surface area contributed by atoms with Gasteiger partial charge in [-0.1, -0.05) is 0 Å². The Labute approximate surface area is 136 Å². The minimum Gasteiger partial charge on any atom is -0.462 e. The third kappa shape index (κ3) is 3.00. The molecule has 0 spiro atoms. The smallest absolute Gasteiger partial charge is 0.338 e.